The molecular formula is C9H6F2N2O2. The minimum atomic E-state index is -2.70. The number of nitrogens with one attached hydrogen (secondary N) is 1. The van der Waals surface area contributed by atoms with E-state index in [1.54, 1.807) is 0 Å². The minimum Gasteiger partial charge on any atom is -0.478 e. The molecule has 0 unspecified atom stereocenters. The van der Waals surface area contributed by atoms with Crippen molar-refractivity contribution >= 4 is 16.9 Å². The van der Waals surface area contributed by atoms with Crippen LogP contribution in [-0.2, 0) is 0 Å². The molecule has 0 saturated heterocycles. The number of nitrogens with zero attached hydrogens (tertiary/aromatic N) is 1. The van der Waals surface area contributed by atoms with Gasteiger partial charge in [0.05, 0.1) is 11.1 Å². The number of aromatic amines is 1. The van der Waals surface area contributed by atoms with Gasteiger partial charge < -0.3 is 5.11 Å². The summed E-state index contributed by atoms with van der Waals surface area (Å²) >= 11 is 0. The van der Waals surface area contributed by atoms with E-state index in [1.807, 2.05) is 0 Å². The highest BCUT2D eigenvalue weighted by Gasteiger charge is 2.16. The lowest BCUT2D eigenvalue weighted by Crippen LogP contribution is -1.95. The van der Waals surface area contributed by atoms with Crippen LogP contribution in [-0.4, -0.2) is 21.3 Å². The number of H-pyrrole nitrogens is 1. The third kappa shape index (κ3) is 1.54. The molecule has 0 aliphatic carbocycles. The van der Waals surface area contributed by atoms with Gasteiger partial charge in [0, 0.05) is 5.39 Å². The van der Waals surface area contributed by atoms with Crippen molar-refractivity contribution in [1.82, 2.24) is 10.2 Å². The predicted molar refractivity (Wildman–Crippen MR) is 48.0 cm³/mol. The van der Waals surface area contributed by atoms with E-state index in [0.717, 1.165) is 0 Å². The van der Waals surface area contributed by atoms with Crippen LogP contribution in [0, 0.1) is 0 Å². The summed E-state index contributed by atoms with van der Waals surface area (Å²) in [5.74, 6) is -1.15. The maximum atomic E-state index is 12.4. The van der Waals surface area contributed by atoms with E-state index < -0.39 is 12.4 Å². The van der Waals surface area contributed by atoms with Gasteiger partial charge in [0.25, 0.3) is 6.43 Å². The van der Waals surface area contributed by atoms with Gasteiger partial charge >= 0.3 is 5.97 Å². The van der Waals surface area contributed by atoms with Crippen LogP contribution >= 0.6 is 0 Å². The van der Waals surface area contributed by atoms with Crippen LogP contribution < -0.4 is 0 Å². The molecule has 1 heterocycles. The number of aromatic nitrogens is 2. The molecule has 0 fully saturated rings. The second-order valence-corrected chi connectivity index (χ2v) is 2.98. The zero-order valence-corrected chi connectivity index (χ0v) is 7.37. The molecule has 2 N–H and O–H groups in total. The molecule has 0 atom stereocenters. The molecule has 1 aromatic heterocycles. The van der Waals surface area contributed by atoms with Crippen molar-refractivity contribution in [2.75, 3.05) is 0 Å². The molecule has 0 aliphatic rings. The first-order valence-electron chi connectivity index (χ1n) is 4.09. The number of fused-ring (bicyclic) bond motifs is 1. The van der Waals surface area contributed by atoms with E-state index >= 15 is 0 Å². The third-order valence-corrected chi connectivity index (χ3v) is 2.05. The average molecular weight is 212 g/mol. The number of aromatic carboxylic acids is 1. The Bertz CT molecular complexity index is 522. The van der Waals surface area contributed by atoms with Crippen LogP contribution in [0.2, 0.25) is 0 Å². The van der Waals surface area contributed by atoms with Gasteiger partial charge in [-0.2, -0.15) is 5.10 Å². The lowest BCUT2D eigenvalue weighted by atomic mass is 10.1. The van der Waals surface area contributed by atoms with Crippen LogP contribution in [0.25, 0.3) is 10.9 Å². The van der Waals surface area contributed by atoms with Gasteiger partial charge in [0.2, 0.25) is 0 Å². The number of hydrogen-bond donors (Lipinski definition) is 2. The molecule has 2 aromatic rings. The van der Waals surface area contributed by atoms with Crippen molar-refractivity contribution in [3.8, 4) is 0 Å². The Morgan fingerprint density at radius 1 is 1.47 bits per heavy atom. The fraction of sp³-hybridized carbons (Fsp3) is 0.111. The second kappa shape index (κ2) is 3.30. The van der Waals surface area contributed by atoms with Crippen molar-refractivity contribution in [3.05, 3.63) is 29.5 Å². The Hall–Kier alpha value is -1.98. The first kappa shape index (κ1) is 9.57. The van der Waals surface area contributed by atoms with Crippen LogP contribution in [0.1, 0.15) is 22.5 Å². The van der Waals surface area contributed by atoms with Gasteiger partial charge in [-0.3, -0.25) is 5.10 Å². The van der Waals surface area contributed by atoms with Crippen molar-refractivity contribution in [2.24, 2.45) is 0 Å². The monoisotopic (exact) mass is 212 g/mol. The third-order valence-electron chi connectivity index (χ3n) is 2.05. The number of halogens is 2. The van der Waals surface area contributed by atoms with Gasteiger partial charge in [0.1, 0.15) is 5.69 Å². The highest BCUT2D eigenvalue weighted by molar-refractivity contribution is 5.94. The van der Waals surface area contributed by atoms with E-state index in [1.165, 1.54) is 18.2 Å². The summed E-state index contributed by atoms with van der Waals surface area (Å²) < 4.78 is 24.9. The largest absolute Gasteiger partial charge is 0.478 e. The molecule has 6 heteroatoms. The molecule has 0 spiro atoms. The smallest absolute Gasteiger partial charge is 0.335 e. The van der Waals surface area contributed by atoms with Crippen LogP contribution in [0.4, 0.5) is 8.78 Å². The molecule has 0 radical (unpaired) electrons. The highest BCUT2D eigenvalue weighted by Crippen LogP contribution is 2.25. The number of hydrogen-bond acceptors (Lipinski definition) is 2. The highest BCUT2D eigenvalue weighted by atomic mass is 19.3. The fourth-order valence-electron chi connectivity index (χ4n) is 1.33. The van der Waals surface area contributed by atoms with Crippen molar-refractivity contribution in [1.29, 1.82) is 0 Å². The van der Waals surface area contributed by atoms with Gasteiger partial charge in [-0.25, -0.2) is 13.6 Å². The molecule has 1 aromatic carbocycles. The number of carboxylic acids is 1. The Labute approximate surface area is 82.5 Å². The van der Waals surface area contributed by atoms with Crippen molar-refractivity contribution in [3.63, 3.8) is 0 Å². The summed E-state index contributed by atoms with van der Waals surface area (Å²) in [5.41, 5.74) is -0.0609. The number of carbonyl (C=O) groups is 1. The number of benzene rings is 1. The molecule has 4 nitrogen and oxygen atoms in total. The molecule has 0 saturated carbocycles. The van der Waals surface area contributed by atoms with E-state index in [9.17, 15) is 13.6 Å². The topological polar surface area (TPSA) is 66.0 Å². The molecule has 0 bridgehead atoms. The second-order valence-electron chi connectivity index (χ2n) is 2.98. The summed E-state index contributed by atoms with van der Waals surface area (Å²) in [6.07, 6.45) is -2.70. The zero-order chi connectivity index (χ0) is 11.0. The van der Waals surface area contributed by atoms with E-state index in [4.69, 9.17) is 5.11 Å². The Kier molecular flexibility index (Phi) is 2.11. The predicted octanol–water partition coefficient (Wildman–Crippen LogP) is 2.20. The van der Waals surface area contributed by atoms with Crippen LogP contribution in [0.3, 0.4) is 0 Å². The SMILES string of the molecule is O=C(O)c1ccc2n[nH]c(C(F)F)c2c1. The average Bonchev–Trinajstić information content (AvgIpc) is 2.59. The van der Waals surface area contributed by atoms with Crippen molar-refractivity contribution < 1.29 is 18.7 Å². The Morgan fingerprint density at radius 2 is 2.20 bits per heavy atom. The molecule has 0 amide bonds. The summed E-state index contributed by atoms with van der Waals surface area (Å²) in [6.45, 7) is 0. The summed E-state index contributed by atoms with van der Waals surface area (Å²) in [4.78, 5) is 10.6. The fourth-order valence-corrected chi connectivity index (χ4v) is 1.33. The zero-order valence-electron chi connectivity index (χ0n) is 7.37. The molecular weight excluding hydrogens is 206 g/mol. The standard InChI is InChI=1S/C9H6F2N2O2/c10-8(11)7-5-3-4(9(14)15)1-2-6(5)12-13-7/h1-3,8H,(H,12,13)(H,14,15). The Balaban J connectivity index is 2.66. The van der Waals surface area contributed by atoms with E-state index in [-0.39, 0.29) is 16.6 Å². The Morgan fingerprint density at radius 3 is 2.80 bits per heavy atom. The quantitative estimate of drug-likeness (QED) is 0.801. The summed E-state index contributed by atoms with van der Waals surface area (Å²) in [6, 6.07) is 3.89. The van der Waals surface area contributed by atoms with Gasteiger partial charge in [0.15, 0.2) is 0 Å². The number of alkyl halides is 2. The summed E-state index contributed by atoms with van der Waals surface area (Å²) in [5, 5.41) is 14.7. The lowest BCUT2D eigenvalue weighted by Gasteiger charge is -1.97. The number of rotatable bonds is 2. The van der Waals surface area contributed by atoms with E-state index in [2.05, 4.69) is 10.2 Å². The first-order valence-corrected chi connectivity index (χ1v) is 4.09. The maximum Gasteiger partial charge on any atom is 0.335 e. The lowest BCUT2D eigenvalue weighted by molar-refractivity contribution is 0.0697. The van der Waals surface area contributed by atoms with Gasteiger partial charge in [-0.1, -0.05) is 0 Å². The molecule has 78 valence electrons. The summed E-state index contributed by atoms with van der Waals surface area (Å²) in [7, 11) is 0. The van der Waals surface area contributed by atoms with Crippen LogP contribution in [0.15, 0.2) is 18.2 Å². The van der Waals surface area contributed by atoms with Crippen LogP contribution in [0.5, 0.6) is 0 Å². The normalized spacial score (nSPS) is 11.1. The minimum absolute atomic E-state index is 0.0363. The first-order chi connectivity index (χ1) is 7.09. The van der Waals surface area contributed by atoms with Gasteiger partial charge in [-0.15, -0.1) is 0 Å². The molecule has 2 rings (SSSR count). The molecule has 0 aliphatic heterocycles. The van der Waals surface area contributed by atoms with Crippen molar-refractivity contribution in [2.45, 2.75) is 6.43 Å². The maximum absolute atomic E-state index is 12.4. The van der Waals surface area contributed by atoms with Gasteiger partial charge in [-0.05, 0) is 18.2 Å². The van der Waals surface area contributed by atoms with E-state index in [0.29, 0.717) is 5.52 Å². The molecule has 15 heavy (non-hydrogen) atoms. The number of carboxylic acid groups (broad SMARTS) is 1.